The average Bonchev–Trinajstić information content (AvgIpc) is 2.47. The van der Waals surface area contributed by atoms with Crippen molar-refractivity contribution in [1.82, 2.24) is 9.80 Å². The molecule has 1 aromatic rings. The molecule has 1 atom stereocenters. The van der Waals surface area contributed by atoms with Crippen LogP contribution in [0.5, 0.6) is 0 Å². The highest BCUT2D eigenvalue weighted by Crippen LogP contribution is 2.17. The molecule has 1 amide bonds. The second kappa shape index (κ2) is 7.20. The highest BCUT2D eigenvalue weighted by molar-refractivity contribution is 6.30. The zero-order chi connectivity index (χ0) is 15.4. The van der Waals surface area contributed by atoms with Gasteiger partial charge in [-0.15, -0.1) is 0 Å². The van der Waals surface area contributed by atoms with E-state index in [2.05, 4.69) is 4.90 Å². The third-order valence-electron chi connectivity index (χ3n) is 3.76. The van der Waals surface area contributed by atoms with Crippen molar-refractivity contribution in [2.45, 2.75) is 19.4 Å². The number of carbonyl (C=O) groups is 1. The third-order valence-corrected chi connectivity index (χ3v) is 4.00. The highest BCUT2D eigenvalue weighted by atomic mass is 35.5. The van der Waals surface area contributed by atoms with E-state index in [4.69, 9.17) is 11.6 Å². The summed E-state index contributed by atoms with van der Waals surface area (Å²) >= 11 is 5.69. The van der Waals surface area contributed by atoms with Gasteiger partial charge in [-0.3, -0.25) is 9.69 Å². The second-order valence-corrected chi connectivity index (χ2v) is 5.72. The number of halogens is 2. The number of rotatable bonds is 4. The molecule has 0 aromatic heterocycles. The number of β-amino-alcohol motifs (C(OH)–C–C–N with tert-alkyl or cyclic N) is 1. The lowest BCUT2D eigenvalue weighted by Crippen LogP contribution is -2.50. The van der Waals surface area contributed by atoms with Crippen LogP contribution in [0.4, 0.5) is 4.39 Å². The van der Waals surface area contributed by atoms with Crippen molar-refractivity contribution < 1.29 is 14.3 Å². The normalized spacial score (nSPS) is 17.8. The highest BCUT2D eigenvalue weighted by Gasteiger charge is 2.24. The summed E-state index contributed by atoms with van der Waals surface area (Å²) in [7, 11) is 0. The SMILES string of the molecule is CC[C@@H](O)CN1CCN(C(=O)c2ccc(Cl)cc2F)CC1. The van der Waals surface area contributed by atoms with Gasteiger partial charge in [-0.2, -0.15) is 0 Å². The fourth-order valence-electron chi connectivity index (χ4n) is 2.39. The standard InChI is InChI=1S/C15H20ClFN2O2/c1-2-12(20)10-18-5-7-19(8-6-18)15(21)13-4-3-11(16)9-14(13)17/h3-4,9,12,20H,2,5-8,10H2,1H3/t12-/m1/s1. The molecule has 0 spiro atoms. The molecule has 1 aliphatic heterocycles. The number of nitrogens with zero attached hydrogens (tertiary/aromatic N) is 2. The summed E-state index contributed by atoms with van der Waals surface area (Å²) in [6.45, 7) is 5.02. The Balaban J connectivity index is 1.94. The van der Waals surface area contributed by atoms with Gasteiger partial charge in [0.2, 0.25) is 0 Å². The summed E-state index contributed by atoms with van der Waals surface area (Å²) in [6, 6.07) is 4.10. The van der Waals surface area contributed by atoms with Crippen molar-refractivity contribution in [1.29, 1.82) is 0 Å². The molecule has 0 unspecified atom stereocenters. The van der Waals surface area contributed by atoms with Gasteiger partial charge in [0, 0.05) is 37.7 Å². The molecule has 6 heteroatoms. The number of carbonyl (C=O) groups excluding carboxylic acids is 1. The number of amides is 1. The number of hydrogen-bond acceptors (Lipinski definition) is 3. The van der Waals surface area contributed by atoms with Crippen LogP contribution >= 0.6 is 11.6 Å². The van der Waals surface area contributed by atoms with Crippen LogP contribution in [0.2, 0.25) is 5.02 Å². The van der Waals surface area contributed by atoms with E-state index in [1.807, 2.05) is 6.92 Å². The first-order valence-electron chi connectivity index (χ1n) is 7.16. The molecule has 0 aliphatic carbocycles. The molecule has 1 N–H and O–H groups in total. The molecule has 1 heterocycles. The zero-order valence-corrected chi connectivity index (χ0v) is 12.8. The van der Waals surface area contributed by atoms with E-state index in [1.54, 1.807) is 4.90 Å². The Kier molecular flexibility index (Phi) is 5.56. The quantitative estimate of drug-likeness (QED) is 0.924. The Morgan fingerprint density at radius 1 is 1.38 bits per heavy atom. The van der Waals surface area contributed by atoms with Gasteiger partial charge < -0.3 is 10.0 Å². The van der Waals surface area contributed by atoms with Crippen molar-refractivity contribution >= 4 is 17.5 Å². The van der Waals surface area contributed by atoms with Crippen LogP contribution < -0.4 is 0 Å². The minimum Gasteiger partial charge on any atom is -0.392 e. The Bertz CT molecular complexity index is 504. The van der Waals surface area contributed by atoms with Gasteiger partial charge in [-0.1, -0.05) is 18.5 Å². The lowest BCUT2D eigenvalue weighted by molar-refractivity contribution is 0.0520. The maximum Gasteiger partial charge on any atom is 0.256 e. The summed E-state index contributed by atoms with van der Waals surface area (Å²) in [5, 5.41) is 9.92. The number of aliphatic hydroxyl groups is 1. The maximum atomic E-state index is 13.8. The molecule has 0 saturated carbocycles. The smallest absolute Gasteiger partial charge is 0.256 e. The molecule has 0 radical (unpaired) electrons. The average molecular weight is 315 g/mol. The predicted octanol–water partition coefficient (Wildman–Crippen LogP) is 2.01. The van der Waals surface area contributed by atoms with Gasteiger partial charge in [0.15, 0.2) is 0 Å². The van der Waals surface area contributed by atoms with Crippen LogP contribution in [0.25, 0.3) is 0 Å². The molecule has 116 valence electrons. The monoisotopic (exact) mass is 314 g/mol. The van der Waals surface area contributed by atoms with Crippen LogP contribution in [0.15, 0.2) is 18.2 Å². The summed E-state index contributed by atoms with van der Waals surface area (Å²) in [4.78, 5) is 16.1. The molecular weight excluding hydrogens is 295 g/mol. The molecule has 4 nitrogen and oxygen atoms in total. The minimum absolute atomic E-state index is 0.0569. The fourth-order valence-corrected chi connectivity index (χ4v) is 2.55. The molecule has 1 aromatic carbocycles. The van der Waals surface area contributed by atoms with E-state index in [-0.39, 0.29) is 22.6 Å². The first-order valence-corrected chi connectivity index (χ1v) is 7.53. The van der Waals surface area contributed by atoms with Crippen LogP contribution in [0.1, 0.15) is 23.7 Å². The van der Waals surface area contributed by atoms with Gasteiger partial charge in [0.1, 0.15) is 5.82 Å². The first-order chi connectivity index (χ1) is 10.0. The van der Waals surface area contributed by atoms with Crippen molar-refractivity contribution in [2.24, 2.45) is 0 Å². The molecule has 0 bridgehead atoms. The number of aliphatic hydroxyl groups excluding tert-OH is 1. The number of piperazine rings is 1. The van der Waals surface area contributed by atoms with Gasteiger partial charge in [0.05, 0.1) is 11.7 Å². The van der Waals surface area contributed by atoms with Crippen molar-refractivity contribution in [3.05, 3.63) is 34.6 Å². The zero-order valence-electron chi connectivity index (χ0n) is 12.1. The Morgan fingerprint density at radius 2 is 2.05 bits per heavy atom. The van der Waals surface area contributed by atoms with E-state index in [0.29, 0.717) is 32.7 Å². The Labute approximate surface area is 129 Å². The number of benzene rings is 1. The maximum absolute atomic E-state index is 13.8. The van der Waals surface area contributed by atoms with E-state index in [1.165, 1.54) is 12.1 Å². The van der Waals surface area contributed by atoms with Crippen molar-refractivity contribution in [3.8, 4) is 0 Å². The van der Waals surface area contributed by atoms with Gasteiger partial charge in [-0.05, 0) is 24.6 Å². The molecule has 1 fully saturated rings. The largest absolute Gasteiger partial charge is 0.392 e. The van der Waals surface area contributed by atoms with Crippen LogP contribution in [-0.4, -0.2) is 59.6 Å². The summed E-state index contributed by atoms with van der Waals surface area (Å²) < 4.78 is 13.8. The van der Waals surface area contributed by atoms with E-state index in [0.717, 1.165) is 12.5 Å². The van der Waals surface area contributed by atoms with E-state index >= 15 is 0 Å². The topological polar surface area (TPSA) is 43.8 Å². The van der Waals surface area contributed by atoms with Gasteiger partial charge >= 0.3 is 0 Å². The Hall–Kier alpha value is -1.17. The first kappa shape index (κ1) is 16.2. The lowest BCUT2D eigenvalue weighted by Gasteiger charge is -2.35. The lowest BCUT2D eigenvalue weighted by atomic mass is 10.1. The number of hydrogen-bond donors (Lipinski definition) is 1. The molecule has 1 saturated heterocycles. The van der Waals surface area contributed by atoms with Gasteiger partial charge in [-0.25, -0.2) is 4.39 Å². The van der Waals surface area contributed by atoms with Crippen molar-refractivity contribution in [2.75, 3.05) is 32.7 Å². The second-order valence-electron chi connectivity index (χ2n) is 5.28. The summed E-state index contributed by atoms with van der Waals surface area (Å²) in [6.07, 6.45) is 0.385. The van der Waals surface area contributed by atoms with Gasteiger partial charge in [0.25, 0.3) is 5.91 Å². The Morgan fingerprint density at radius 3 is 2.62 bits per heavy atom. The van der Waals surface area contributed by atoms with Crippen LogP contribution in [0.3, 0.4) is 0 Å². The summed E-state index contributed by atoms with van der Waals surface area (Å²) in [5.74, 6) is -0.892. The fraction of sp³-hybridized carbons (Fsp3) is 0.533. The molecule has 2 rings (SSSR count). The summed E-state index contributed by atoms with van der Waals surface area (Å²) in [5.41, 5.74) is 0.0569. The predicted molar refractivity (Wildman–Crippen MR) is 80.1 cm³/mol. The molecular formula is C15H20ClFN2O2. The van der Waals surface area contributed by atoms with Crippen LogP contribution in [-0.2, 0) is 0 Å². The molecule has 21 heavy (non-hydrogen) atoms. The van der Waals surface area contributed by atoms with Crippen LogP contribution in [0, 0.1) is 5.82 Å². The van der Waals surface area contributed by atoms with Crippen molar-refractivity contribution in [3.63, 3.8) is 0 Å². The van der Waals surface area contributed by atoms with E-state index in [9.17, 15) is 14.3 Å². The van der Waals surface area contributed by atoms with E-state index < -0.39 is 5.82 Å². The minimum atomic E-state index is -0.587. The molecule has 1 aliphatic rings. The third kappa shape index (κ3) is 4.15.